The molecule has 2 aromatic rings. The lowest BCUT2D eigenvalue weighted by Gasteiger charge is -2.17. The summed E-state index contributed by atoms with van der Waals surface area (Å²) < 4.78 is 37.8. The molecule has 1 amide bonds. The SMILES string of the molecule is O=C(NCc1ccccc1CN1CCCC1)c1ccc(C(F)(F)F)[nH]c1=O. The average Bonchev–Trinajstić information content (AvgIpc) is 3.13. The van der Waals surface area contributed by atoms with Gasteiger partial charge in [0.2, 0.25) is 0 Å². The van der Waals surface area contributed by atoms with Crippen LogP contribution in [0.4, 0.5) is 13.2 Å². The molecule has 0 bridgehead atoms. The van der Waals surface area contributed by atoms with Gasteiger partial charge in [-0.2, -0.15) is 13.2 Å². The number of halogens is 3. The fourth-order valence-corrected chi connectivity index (χ4v) is 3.15. The van der Waals surface area contributed by atoms with Crippen molar-refractivity contribution in [2.24, 2.45) is 0 Å². The predicted molar refractivity (Wildman–Crippen MR) is 94.2 cm³/mol. The number of likely N-dealkylation sites (tertiary alicyclic amines) is 1. The van der Waals surface area contributed by atoms with Crippen LogP contribution in [0.5, 0.6) is 0 Å². The van der Waals surface area contributed by atoms with E-state index in [1.165, 1.54) is 12.8 Å². The summed E-state index contributed by atoms with van der Waals surface area (Å²) in [5.41, 5.74) is -0.588. The maximum atomic E-state index is 12.6. The van der Waals surface area contributed by atoms with Crippen molar-refractivity contribution in [3.05, 3.63) is 69.1 Å². The van der Waals surface area contributed by atoms with Crippen molar-refractivity contribution < 1.29 is 18.0 Å². The standard InChI is InChI=1S/C19H20F3N3O2/c20-19(21,22)16-8-7-15(18(27)24-16)17(26)23-11-13-5-1-2-6-14(13)12-25-9-3-4-10-25/h1-2,5-8H,3-4,9-12H2,(H,23,26)(H,24,27). The van der Waals surface area contributed by atoms with Crippen molar-refractivity contribution in [2.45, 2.75) is 32.1 Å². The van der Waals surface area contributed by atoms with E-state index in [2.05, 4.69) is 10.2 Å². The zero-order valence-corrected chi connectivity index (χ0v) is 14.6. The molecular formula is C19H20F3N3O2. The molecule has 0 unspecified atom stereocenters. The minimum absolute atomic E-state index is 0.198. The molecule has 0 saturated carbocycles. The fraction of sp³-hybridized carbons (Fsp3) is 0.368. The Morgan fingerprint density at radius 2 is 1.74 bits per heavy atom. The molecule has 1 aromatic heterocycles. The number of nitrogens with one attached hydrogen (secondary N) is 2. The van der Waals surface area contributed by atoms with Crippen LogP contribution >= 0.6 is 0 Å². The van der Waals surface area contributed by atoms with Gasteiger partial charge in [-0.1, -0.05) is 24.3 Å². The topological polar surface area (TPSA) is 65.2 Å². The van der Waals surface area contributed by atoms with Gasteiger partial charge < -0.3 is 10.3 Å². The third kappa shape index (κ3) is 4.77. The van der Waals surface area contributed by atoms with Gasteiger partial charge in [0.1, 0.15) is 11.3 Å². The second-order valence-electron chi connectivity index (χ2n) is 6.55. The number of rotatable bonds is 5. The average molecular weight is 379 g/mol. The summed E-state index contributed by atoms with van der Waals surface area (Å²) in [5, 5.41) is 2.62. The molecule has 2 N–H and O–H groups in total. The Bertz CT molecular complexity index is 871. The van der Waals surface area contributed by atoms with E-state index in [1.807, 2.05) is 24.3 Å². The van der Waals surface area contributed by atoms with Gasteiger partial charge in [0.15, 0.2) is 0 Å². The highest BCUT2D eigenvalue weighted by atomic mass is 19.4. The molecule has 0 radical (unpaired) electrons. The Morgan fingerprint density at radius 3 is 2.37 bits per heavy atom. The maximum Gasteiger partial charge on any atom is 0.431 e. The monoisotopic (exact) mass is 379 g/mol. The molecule has 3 rings (SSSR count). The fourth-order valence-electron chi connectivity index (χ4n) is 3.15. The largest absolute Gasteiger partial charge is 0.431 e. The molecule has 144 valence electrons. The first-order valence-electron chi connectivity index (χ1n) is 8.72. The van der Waals surface area contributed by atoms with Crippen molar-refractivity contribution >= 4 is 5.91 Å². The number of amides is 1. The lowest BCUT2D eigenvalue weighted by molar-refractivity contribution is -0.141. The van der Waals surface area contributed by atoms with Crippen LogP contribution in [-0.2, 0) is 19.3 Å². The van der Waals surface area contributed by atoms with Crippen LogP contribution in [0.1, 0.15) is 40.0 Å². The summed E-state index contributed by atoms with van der Waals surface area (Å²) >= 11 is 0. The number of carbonyl (C=O) groups is 1. The van der Waals surface area contributed by atoms with Crippen LogP contribution in [0.15, 0.2) is 41.2 Å². The third-order valence-corrected chi connectivity index (χ3v) is 4.61. The zero-order chi connectivity index (χ0) is 19.4. The first-order chi connectivity index (χ1) is 12.8. The number of aromatic amines is 1. The van der Waals surface area contributed by atoms with Gasteiger partial charge in [0.05, 0.1) is 0 Å². The van der Waals surface area contributed by atoms with Gasteiger partial charge in [0.25, 0.3) is 11.5 Å². The third-order valence-electron chi connectivity index (χ3n) is 4.61. The number of pyridine rings is 1. The van der Waals surface area contributed by atoms with E-state index in [0.29, 0.717) is 6.07 Å². The lowest BCUT2D eigenvalue weighted by Crippen LogP contribution is -2.31. The maximum absolute atomic E-state index is 12.6. The molecule has 27 heavy (non-hydrogen) atoms. The van der Waals surface area contributed by atoms with Crippen molar-refractivity contribution in [3.8, 4) is 0 Å². The Labute approximate surface area is 154 Å². The van der Waals surface area contributed by atoms with Gasteiger partial charge >= 0.3 is 6.18 Å². The Hall–Kier alpha value is -2.61. The van der Waals surface area contributed by atoms with Crippen LogP contribution in [0.3, 0.4) is 0 Å². The highest BCUT2D eigenvalue weighted by molar-refractivity contribution is 5.93. The van der Waals surface area contributed by atoms with Gasteiger partial charge in [-0.05, 0) is 49.2 Å². The molecule has 1 aromatic carbocycles. The van der Waals surface area contributed by atoms with Crippen LogP contribution in [-0.4, -0.2) is 28.9 Å². The van der Waals surface area contributed by atoms with Crippen LogP contribution < -0.4 is 10.9 Å². The summed E-state index contributed by atoms with van der Waals surface area (Å²) in [6.07, 6.45) is -2.31. The molecule has 2 heterocycles. The van der Waals surface area contributed by atoms with E-state index in [0.717, 1.165) is 36.8 Å². The van der Waals surface area contributed by atoms with E-state index in [4.69, 9.17) is 0 Å². The number of nitrogens with zero attached hydrogens (tertiary/aromatic N) is 1. The summed E-state index contributed by atoms with van der Waals surface area (Å²) in [4.78, 5) is 28.1. The molecule has 0 spiro atoms. The molecule has 1 aliphatic heterocycles. The predicted octanol–water partition coefficient (Wildman–Crippen LogP) is 2.92. The second kappa shape index (κ2) is 7.96. The normalized spacial score (nSPS) is 15.1. The Morgan fingerprint density at radius 1 is 1.07 bits per heavy atom. The number of alkyl halides is 3. The summed E-state index contributed by atoms with van der Waals surface area (Å²) in [5.74, 6) is -0.707. The highest BCUT2D eigenvalue weighted by Crippen LogP contribution is 2.26. The number of H-pyrrole nitrogens is 1. The summed E-state index contributed by atoms with van der Waals surface area (Å²) in [6.45, 7) is 3.07. The van der Waals surface area contributed by atoms with Crippen molar-refractivity contribution in [1.82, 2.24) is 15.2 Å². The molecule has 8 heteroatoms. The number of hydrogen-bond donors (Lipinski definition) is 2. The Balaban J connectivity index is 1.68. The quantitative estimate of drug-likeness (QED) is 0.840. The number of benzene rings is 1. The number of carbonyl (C=O) groups excluding carboxylic acids is 1. The molecule has 1 aliphatic rings. The zero-order valence-electron chi connectivity index (χ0n) is 14.6. The van der Waals surface area contributed by atoms with Crippen LogP contribution in [0.25, 0.3) is 0 Å². The first-order valence-corrected chi connectivity index (χ1v) is 8.72. The molecule has 1 saturated heterocycles. The van der Waals surface area contributed by atoms with Gasteiger partial charge in [0, 0.05) is 13.1 Å². The molecule has 0 aliphatic carbocycles. The summed E-state index contributed by atoms with van der Waals surface area (Å²) in [6, 6.07) is 9.26. The minimum atomic E-state index is -4.66. The Kier molecular flexibility index (Phi) is 5.65. The number of aromatic nitrogens is 1. The van der Waals surface area contributed by atoms with E-state index in [9.17, 15) is 22.8 Å². The molecule has 1 fully saturated rings. The van der Waals surface area contributed by atoms with E-state index >= 15 is 0 Å². The van der Waals surface area contributed by atoms with Crippen molar-refractivity contribution in [1.29, 1.82) is 0 Å². The van der Waals surface area contributed by atoms with E-state index in [1.54, 1.807) is 4.98 Å². The summed E-state index contributed by atoms with van der Waals surface area (Å²) in [7, 11) is 0. The molecular weight excluding hydrogens is 359 g/mol. The highest BCUT2D eigenvalue weighted by Gasteiger charge is 2.32. The molecule has 5 nitrogen and oxygen atoms in total. The van der Waals surface area contributed by atoms with Crippen molar-refractivity contribution in [2.75, 3.05) is 13.1 Å². The van der Waals surface area contributed by atoms with Gasteiger partial charge in [-0.3, -0.25) is 14.5 Å². The minimum Gasteiger partial charge on any atom is -0.348 e. The van der Waals surface area contributed by atoms with E-state index < -0.39 is 23.3 Å². The second-order valence-corrected chi connectivity index (χ2v) is 6.55. The van der Waals surface area contributed by atoms with Gasteiger partial charge in [-0.25, -0.2) is 0 Å². The van der Waals surface area contributed by atoms with Crippen LogP contribution in [0, 0.1) is 0 Å². The smallest absolute Gasteiger partial charge is 0.348 e. The van der Waals surface area contributed by atoms with Crippen molar-refractivity contribution in [3.63, 3.8) is 0 Å². The molecule has 0 atom stereocenters. The first kappa shape index (κ1) is 19.2. The number of hydrogen-bond acceptors (Lipinski definition) is 3. The van der Waals surface area contributed by atoms with E-state index in [-0.39, 0.29) is 12.1 Å². The lowest BCUT2D eigenvalue weighted by atomic mass is 10.1. The van der Waals surface area contributed by atoms with Gasteiger partial charge in [-0.15, -0.1) is 0 Å². The van der Waals surface area contributed by atoms with Crippen LogP contribution in [0.2, 0.25) is 0 Å².